The summed E-state index contributed by atoms with van der Waals surface area (Å²) in [5.41, 5.74) is 1.65. The normalized spacial score (nSPS) is 29.1. The molecule has 0 bridgehead atoms. The number of ether oxygens (including phenoxy) is 2. The lowest BCUT2D eigenvalue weighted by Crippen LogP contribution is -2.33. The Morgan fingerprint density at radius 1 is 1.06 bits per heavy atom. The highest BCUT2D eigenvalue weighted by Crippen LogP contribution is 2.38. The van der Waals surface area contributed by atoms with Crippen molar-refractivity contribution in [2.45, 2.75) is 63.6 Å². The average molecular weight is 236 g/mol. The molecule has 0 aromatic heterocycles. The second-order valence-electron chi connectivity index (χ2n) is 5.86. The first kappa shape index (κ1) is 11.7. The minimum absolute atomic E-state index is 0.190. The van der Waals surface area contributed by atoms with Crippen molar-refractivity contribution < 1.29 is 9.47 Å². The molecule has 3 rings (SSSR count). The fourth-order valence-corrected chi connectivity index (χ4v) is 3.52. The summed E-state index contributed by atoms with van der Waals surface area (Å²) >= 11 is 0. The van der Waals surface area contributed by atoms with Gasteiger partial charge in [-0.3, -0.25) is 0 Å². The maximum atomic E-state index is 5.76. The molecular weight excluding hydrogens is 212 g/mol. The molecule has 17 heavy (non-hydrogen) atoms. The van der Waals surface area contributed by atoms with Crippen molar-refractivity contribution in [3.8, 4) is 0 Å². The van der Waals surface area contributed by atoms with Gasteiger partial charge in [-0.25, -0.2) is 0 Å². The number of hydrogen-bond donors (Lipinski definition) is 0. The summed E-state index contributed by atoms with van der Waals surface area (Å²) < 4.78 is 11.5. The molecule has 0 unspecified atom stereocenters. The smallest absolute Gasteiger partial charge is 0.169 e. The van der Waals surface area contributed by atoms with Crippen molar-refractivity contribution in [2.24, 2.45) is 5.92 Å². The van der Waals surface area contributed by atoms with Crippen LogP contribution in [-0.2, 0) is 9.47 Å². The minimum atomic E-state index is -0.190. The predicted molar refractivity (Wildman–Crippen MR) is 67.8 cm³/mol. The summed E-state index contributed by atoms with van der Waals surface area (Å²) in [6.07, 6.45) is 14.2. The Bertz CT molecular complexity index is 271. The van der Waals surface area contributed by atoms with E-state index in [1.54, 1.807) is 5.57 Å². The lowest BCUT2D eigenvalue weighted by molar-refractivity contribution is -0.171. The van der Waals surface area contributed by atoms with Gasteiger partial charge in [-0.1, -0.05) is 37.3 Å². The third-order valence-corrected chi connectivity index (χ3v) is 4.68. The van der Waals surface area contributed by atoms with Crippen molar-refractivity contribution in [3.05, 3.63) is 11.6 Å². The minimum Gasteiger partial charge on any atom is -0.348 e. The molecule has 3 fully saturated rings. The van der Waals surface area contributed by atoms with Crippen LogP contribution in [0.15, 0.2) is 11.6 Å². The molecule has 0 radical (unpaired) electrons. The molecule has 0 aromatic carbocycles. The van der Waals surface area contributed by atoms with Gasteiger partial charge in [-0.05, 0) is 25.2 Å². The van der Waals surface area contributed by atoms with Crippen LogP contribution in [-0.4, -0.2) is 19.0 Å². The Kier molecular flexibility index (Phi) is 3.53. The van der Waals surface area contributed by atoms with E-state index in [4.69, 9.17) is 9.47 Å². The van der Waals surface area contributed by atoms with Gasteiger partial charge in [-0.15, -0.1) is 0 Å². The monoisotopic (exact) mass is 236 g/mol. The standard InChI is InChI=1S/C15H24O2/c1-2-4-13(3-1)5-6-14-7-9-15(10-8-14)16-11-12-17-15/h6,13H,1-5,7-12H2. The van der Waals surface area contributed by atoms with Gasteiger partial charge in [0.15, 0.2) is 5.79 Å². The van der Waals surface area contributed by atoms with E-state index in [1.807, 2.05) is 0 Å². The molecule has 2 aliphatic carbocycles. The van der Waals surface area contributed by atoms with Gasteiger partial charge in [0.05, 0.1) is 13.2 Å². The Balaban J connectivity index is 1.48. The molecule has 0 atom stereocenters. The molecule has 0 amide bonds. The Hall–Kier alpha value is -0.340. The molecule has 1 spiro atoms. The van der Waals surface area contributed by atoms with Crippen LogP contribution in [0.2, 0.25) is 0 Å². The van der Waals surface area contributed by atoms with E-state index in [0.29, 0.717) is 0 Å². The zero-order valence-corrected chi connectivity index (χ0v) is 10.7. The van der Waals surface area contributed by atoms with Crippen molar-refractivity contribution in [1.29, 1.82) is 0 Å². The molecule has 0 aromatic rings. The first-order valence-corrected chi connectivity index (χ1v) is 7.32. The van der Waals surface area contributed by atoms with Crippen LogP contribution in [0.1, 0.15) is 57.8 Å². The van der Waals surface area contributed by atoms with Crippen LogP contribution in [0.25, 0.3) is 0 Å². The fraction of sp³-hybridized carbons (Fsp3) is 0.867. The quantitative estimate of drug-likeness (QED) is 0.679. The lowest BCUT2D eigenvalue weighted by atomic mass is 9.88. The number of allylic oxidation sites excluding steroid dienone is 2. The molecule has 1 saturated heterocycles. The highest BCUT2D eigenvalue weighted by molar-refractivity contribution is 5.08. The highest BCUT2D eigenvalue weighted by Gasteiger charge is 2.38. The molecule has 3 aliphatic rings. The van der Waals surface area contributed by atoms with Gasteiger partial charge < -0.3 is 9.47 Å². The largest absolute Gasteiger partial charge is 0.348 e. The van der Waals surface area contributed by atoms with Gasteiger partial charge in [0.25, 0.3) is 0 Å². The SMILES string of the molecule is C(CC1CCCC1)=C1CCC2(CC1)OCCO2. The summed E-state index contributed by atoms with van der Waals surface area (Å²) in [6.45, 7) is 1.59. The zero-order valence-electron chi connectivity index (χ0n) is 10.7. The van der Waals surface area contributed by atoms with E-state index in [2.05, 4.69) is 6.08 Å². The summed E-state index contributed by atoms with van der Waals surface area (Å²) in [6, 6.07) is 0. The Morgan fingerprint density at radius 3 is 2.35 bits per heavy atom. The van der Waals surface area contributed by atoms with Crippen molar-refractivity contribution >= 4 is 0 Å². The summed E-state index contributed by atoms with van der Waals surface area (Å²) in [5.74, 6) is 0.794. The van der Waals surface area contributed by atoms with E-state index in [1.165, 1.54) is 44.9 Å². The van der Waals surface area contributed by atoms with Crippen molar-refractivity contribution in [1.82, 2.24) is 0 Å². The van der Waals surface area contributed by atoms with Crippen LogP contribution < -0.4 is 0 Å². The molecule has 0 N–H and O–H groups in total. The van der Waals surface area contributed by atoms with E-state index in [9.17, 15) is 0 Å². The predicted octanol–water partition coefficient (Wildman–Crippen LogP) is 3.81. The summed E-state index contributed by atoms with van der Waals surface area (Å²) in [5, 5.41) is 0. The van der Waals surface area contributed by atoms with E-state index in [0.717, 1.165) is 32.0 Å². The van der Waals surface area contributed by atoms with Crippen LogP contribution >= 0.6 is 0 Å². The van der Waals surface area contributed by atoms with Gasteiger partial charge in [0.1, 0.15) is 0 Å². The lowest BCUT2D eigenvalue weighted by Gasteiger charge is -2.32. The molecule has 1 aliphatic heterocycles. The second-order valence-corrected chi connectivity index (χ2v) is 5.86. The van der Waals surface area contributed by atoms with Gasteiger partial charge >= 0.3 is 0 Å². The topological polar surface area (TPSA) is 18.5 Å². The third-order valence-electron chi connectivity index (χ3n) is 4.68. The van der Waals surface area contributed by atoms with E-state index >= 15 is 0 Å². The maximum Gasteiger partial charge on any atom is 0.169 e. The van der Waals surface area contributed by atoms with Gasteiger partial charge in [-0.2, -0.15) is 0 Å². The van der Waals surface area contributed by atoms with Crippen LogP contribution in [0.4, 0.5) is 0 Å². The van der Waals surface area contributed by atoms with Gasteiger partial charge in [0.2, 0.25) is 0 Å². The second kappa shape index (κ2) is 5.11. The molecule has 2 nitrogen and oxygen atoms in total. The first-order chi connectivity index (χ1) is 8.36. The fourth-order valence-electron chi connectivity index (χ4n) is 3.52. The molecular formula is C15H24O2. The summed E-state index contributed by atoms with van der Waals surface area (Å²) in [4.78, 5) is 0. The zero-order chi connectivity index (χ0) is 11.6. The Labute approximate surface area is 104 Å². The molecule has 2 saturated carbocycles. The first-order valence-electron chi connectivity index (χ1n) is 7.32. The number of hydrogen-bond acceptors (Lipinski definition) is 2. The Morgan fingerprint density at radius 2 is 1.71 bits per heavy atom. The summed E-state index contributed by atoms with van der Waals surface area (Å²) in [7, 11) is 0. The van der Waals surface area contributed by atoms with E-state index < -0.39 is 0 Å². The van der Waals surface area contributed by atoms with Crippen LogP contribution in [0, 0.1) is 5.92 Å². The van der Waals surface area contributed by atoms with Gasteiger partial charge in [0, 0.05) is 12.8 Å². The van der Waals surface area contributed by atoms with Crippen molar-refractivity contribution in [2.75, 3.05) is 13.2 Å². The number of rotatable bonds is 2. The third kappa shape index (κ3) is 2.74. The highest BCUT2D eigenvalue weighted by atomic mass is 16.7. The molecule has 1 heterocycles. The van der Waals surface area contributed by atoms with Crippen LogP contribution in [0.5, 0.6) is 0 Å². The molecule has 96 valence electrons. The maximum absolute atomic E-state index is 5.76. The molecule has 2 heteroatoms. The van der Waals surface area contributed by atoms with Crippen molar-refractivity contribution in [3.63, 3.8) is 0 Å². The average Bonchev–Trinajstić information content (AvgIpc) is 3.01. The van der Waals surface area contributed by atoms with E-state index in [-0.39, 0.29) is 5.79 Å². The van der Waals surface area contributed by atoms with Crippen LogP contribution in [0.3, 0.4) is 0 Å².